The van der Waals surface area contributed by atoms with Crippen LogP contribution in [0.2, 0.25) is 0 Å². The lowest BCUT2D eigenvalue weighted by Crippen LogP contribution is -2.54. The van der Waals surface area contributed by atoms with E-state index in [1.165, 1.54) is 11.3 Å². The molecule has 1 aromatic rings. The van der Waals surface area contributed by atoms with E-state index in [1.807, 2.05) is 6.92 Å². The van der Waals surface area contributed by atoms with E-state index in [0.717, 1.165) is 18.0 Å². The molecule has 88 valence electrons. The molecule has 3 N–H and O–H groups in total. The first-order valence-electron chi connectivity index (χ1n) is 5.30. The third-order valence-electron chi connectivity index (χ3n) is 2.65. The zero-order valence-corrected chi connectivity index (χ0v) is 9.96. The highest BCUT2D eigenvalue weighted by Gasteiger charge is 2.28. The average molecular weight is 241 g/mol. The topological polar surface area (TPSA) is 84.1 Å². The molecule has 2 rings (SSSR count). The summed E-state index contributed by atoms with van der Waals surface area (Å²) in [5.41, 5.74) is 5.53. The minimum Gasteiger partial charge on any atom is -0.374 e. The number of aromatic nitrogens is 2. The van der Waals surface area contributed by atoms with E-state index in [1.54, 1.807) is 0 Å². The average Bonchev–Trinajstić information content (AvgIpc) is 2.64. The third-order valence-corrected chi connectivity index (χ3v) is 3.39. The summed E-state index contributed by atoms with van der Waals surface area (Å²) < 4.78 is 0. The zero-order chi connectivity index (χ0) is 11.5. The van der Waals surface area contributed by atoms with Gasteiger partial charge in [0.05, 0.1) is 12.6 Å². The van der Waals surface area contributed by atoms with Crippen molar-refractivity contribution >= 4 is 22.4 Å². The summed E-state index contributed by atoms with van der Waals surface area (Å²) in [6, 6.07) is -0.0566. The fourth-order valence-corrected chi connectivity index (χ4v) is 2.53. The second-order valence-corrected chi connectivity index (χ2v) is 4.81. The summed E-state index contributed by atoms with van der Waals surface area (Å²) in [5, 5.41) is 12.0. The highest BCUT2D eigenvalue weighted by Crippen LogP contribution is 2.17. The van der Waals surface area contributed by atoms with Gasteiger partial charge in [-0.05, 0) is 6.42 Å². The van der Waals surface area contributed by atoms with Crippen LogP contribution in [0.4, 0.5) is 5.13 Å². The number of nitrogens with two attached hydrogens (primary N) is 1. The summed E-state index contributed by atoms with van der Waals surface area (Å²) in [7, 11) is 0. The Bertz CT molecular complexity index is 380. The highest BCUT2D eigenvalue weighted by atomic mass is 32.1. The van der Waals surface area contributed by atoms with E-state index in [-0.39, 0.29) is 11.9 Å². The summed E-state index contributed by atoms with van der Waals surface area (Å²) >= 11 is 1.38. The van der Waals surface area contributed by atoms with Crippen molar-refractivity contribution in [3.8, 4) is 0 Å². The number of nitrogens with zero attached hydrogens (tertiary/aromatic N) is 3. The van der Waals surface area contributed by atoms with Gasteiger partial charge in [0.15, 0.2) is 0 Å². The van der Waals surface area contributed by atoms with Gasteiger partial charge >= 0.3 is 0 Å². The highest BCUT2D eigenvalue weighted by molar-refractivity contribution is 7.15. The summed E-state index contributed by atoms with van der Waals surface area (Å²) in [6.07, 6.45) is 0.806. The molecule has 0 spiro atoms. The molecule has 1 aliphatic heterocycles. The van der Waals surface area contributed by atoms with E-state index >= 15 is 0 Å². The minimum atomic E-state index is -0.0566. The van der Waals surface area contributed by atoms with E-state index in [9.17, 15) is 4.79 Å². The Hall–Kier alpha value is -1.21. The molecule has 0 radical (unpaired) electrons. The van der Waals surface area contributed by atoms with Crippen molar-refractivity contribution in [2.75, 3.05) is 18.8 Å². The Morgan fingerprint density at radius 1 is 1.62 bits per heavy atom. The van der Waals surface area contributed by atoms with E-state index in [0.29, 0.717) is 18.2 Å². The number of hydrogen-bond donors (Lipinski definition) is 2. The minimum absolute atomic E-state index is 0.0566. The predicted molar refractivity (Wildman–Crippen MR) is 61.8 cm³/mol. The van der Waals surface area contributed by atoms with E-state index < -0.39 is 0 Å². The van der Waals surface area contributed by atoms with Crippen molar-refractivity contribution in [2.24, 2.45) is 0 Å². The van der Waals surface area contributed by atoms with Gasteiger partial charge in [-0.1, -0.05) is 18.3 Å². The van der Waals surface area contributed by atoms with E-state index in [2.05, 4.69) is 20.4 Å². The first kappa shape index (κ1) is 11.3. The smallest absolute Gasteiger partial charge is 0.237 e. The maximum atomic E-state index is 11.6. The molecule has 16 heavy (non-hydrogen) atoms. The standard InChI is InChI=1S/C9H15N5OS/c1-2-6-8(15)11-3-4-14(6)5-7-12-13-9(10)16-7/h6H,2-5H2,1H3,(H2,10,13)(H,11,15). The first-order valence-corrected chi connectivity index (χ1v) is 6.12. The summed E-state index contributed by atoms with van der Waals surface area (Å²) in [4.78, 5) is 13.7. The molecule has 1 unspecified atom stereocenters. The third kappa shape index (κ3) is 2.30. The SMILES string of the molecule is CCC1C(=O)NCCN1Cc1nnc(N)s1. The van der Waals surface area contributed by atoms with Crippen LogP contribution in [0.3, 0.4) is 0 Å². The van der Waals surface area contributed by atoms with Gasteiger partial charge in [-0.25, -0.2) is 0 Å². The maximum Gasteiger partial charge on any atom is 0.237 e. The lowest BCUT2D eigenvalue weighted by molar-refractivity contribution is -0.129. The monoisotopic (exact) mass is 241 g/mol. The van der Waals surface area contributed by atoms with Gasteiger partial charge in [-0.2, -0.15) is 0 Å². The Balaban J connectivity index is 2.04. The van der Waals surface area contributed by atoms with E-state index in [4.69, 9.17) is 5.73 Å². The van der Waals surface area contributed by atoms with Gasteiger partial charge in [0.2, 0.25) is 11.0 Å². The van der Waals surface area contributed by atoms with Crippen LogP contribution < -0.4 is 11.1 Å². The van der Waals surface area contributed by atoms with Crippen LogP contribution in [0.1, 0.15) is 18.4 Å². The Morgan fingerprint density at radius 2 is 2.44 bits per heavy atom. The Morgan fingerprint density at radius 3 is 3.06 bits per heavy atom. The molecule has 1 aromatic heterocycles. The largest absolute Gasteiger partial charge is 0.374 e. The molecule has 1 aliphatic rings. The molecule has 0 aliphatic carbocycles. The molecular formula is C9H15N5OS. The summed E-state index contributed by atoms with van der Waals surface area (Å²) in [6.45, 7) is 4.21. The molecule has 2 heterocycles. The molecule has 6 nitrogen and oxygen atoms in total. The van der Waals surface area contributed by atoms with Crippen molar-refractivity contribution in [1.82, 2.24) is 20.4 Å². The van der Waals surface area contributed by atoms with Gasteiger partial charge in [0.1, 0.15) is 5.01 Å². The van der Waals surface area contributed by atoms with Crippen LogP contribution in [0.25, 0.3) is 0 Å². The number of piperazine rings is 1. The fourth-order valence-electron chi connectivity index (χ4n) is 1.90. The van der Waals surface area contributed by atoms with Crippen molar-refractivity contribution in [1.29, 1.82) is 0 Å². The number of hydrogen-bond acceptors (Lipinski definition) is 6. The normalized spacial score (nSPS) is 22.1. The van der Waals surface area contributed by atoms with Crippen LogP contribution in [-0.4, -0.2) is 40.1 Å². The number of nitrogens with one attached hydrogen (secondary N) is 1. The molecule has 1 saturated heterocycles. The van der Waals surface area contributed by atoms with Crippen LogP contribution in [0, 0.1) is 0 Å². The van der Waals surface area contributed by atoms with Crippen LogP contribution in [0.15, 0.2) is 0 Å². The van der Waals surface area contributed by atoms with Gasteiger partial charge in [0, 0.05) is 13.1 Å². The molecule has 0 bridgehead atoms. The molecule has 1 fully saturated rings. The fraction of sp³-hybridized carbons (Fsp3) is 0.667. The van der Waals surface area contributed by atoms with Gasteiger partial charge in [-0.15, -0.1) is 10.2 Å². The van der Waals surface area contributed by atoms with Gasteiger partial charge in [-0.3, -0.25) is 9.69 Å². The molecule has 0 aromatic carbocycles. The predicted octanol–water partition coefficient (Wildman–Crippen LogP) is -0.169. The molecule has 1 atom stereocenters. The van der Waals surface area contributed by atoms with Crippen LogP contribution in [0.5, 0.6) is 0 Å². The second kappa shape index (κ2) is 4.75. The lowest BCUT2D eigenvalue weighted by atomic mass is 10.1. The van der Waals surface area contributed by atoms with Crippen molar-refractivity contribution < 1.29 is 4.79 Å². The number of carbonyl (C=O) groups excluding carboxylic acids is 1. The van der Waals surface area contributed by atoms with Gasteiger partial charge in [0.25, 0.3) is 0 Å². The number of anilines is 1. The maximum absolute atomic E-state index is 11.6. The quantitative estimate of drug-likeness (QED) is 0.767. The second-order valence-electron chi connectivity index (χ2n) is 3.72. The molecule has 1 amide bonds. The zero-order valence-electron chi connectivity index (χ0n) is 9.14. The Kier molecular flexibility index (Phi) is 3.35. The first-order chi connectivity index (χ1) is 7.70. The summed E-state index contributed by atoms with van der Waals surface area (Å²) in [5.74, 6) is 0.103. The Labute approximate surface area is 97.8 Å². The van der Waals surface area contributed by atoms with Crippen LogP contribution >= 0.6 is 11.3 Å². The van der Waals surface area contributed by atoms with Gasteiger partial charge < -0.3 is 11.1 Å². The molecule has 7 heteroatoms. The van der Waals surface area contributed by atoms with Crippen LogP contribution in [-0.2, 0) is 11.3 Å². The molecular weight excluding hydrogens is 226 g/mol. The number of carbonyl (C=O) groups is 1. The lowest BCUT2D eigenvalue weighted by Gasteiger charge is -2.33. The van der Waals surface area contributed by atoms with Crippen molar-refractivity contribution in [3.63, 3.8) is 0 Å². The van der Waals surface area contributed by atoms with Crippen molar-refractivity contribution in [2.45, 2.75) is 25.9 Å². The van der Waals surface area contributed by atoms with Crippen molar-refractivity contribution in [3.05, 3.63) is 5.01 Å². The number of rotatable bonds is 3. The number of nitrogen functional groups attached to an aromatic ring is 1. The molecule has 0 saturated carbocycles. The number of amides is 1.